The van der Waals surface area contributed by atoms with Gasteiger partial charge in [0.1, 0.15) is 6.61 Å². The molecule has 158 valence electrons. The van der Waals surface area contributed by atoms with E-state index in [4.69, 9.17) is 4.74 Å². The monoisotopic (exact) mass is 410 g/mol. The predicted octanol–water partition coefficient (Wildman–Crippen LogP) is 4.65. The molecule has 2 aromatic rings. The minimum absolute atomic E-state index is 0.0486. The molecule has 2 atom stereocenters. The van der Waals surface area contributed by atoms with Gasteiger partial charge in [-0.25, -0.2) is 0 Å². The van der Waals surface area contributed by atoms with E-state index in [1.54, 1.807) is 12.1 Å². The van der Waals surface area contributed by atoms with Crippen LogP contribution in [-0.4, -0.2) is 16.8 Å². The fourth-order valence-corrected chi connectivity index (χ4v) is 3.81. The summed E-state index contributed by atoms with van der Waals surface area (Å²) in [5, 5.41) is 13.8. The number of hydrogen-bond acceptors (Lipinski definition) is 5. The van der Waals surface area contributed by atoms with Crippen LogP contribution in [0.4, 0.5) is 11.4 Å². The summed E-state index contributed by atoms with van der Waals surface area (Å²) in [4.78, 5) is 36.0. The van der Waals surface area contributed by atoms with Gasteiger partial charge in [-0.3, -0.25) is 19.7 Å². The summed E-state index contributed by atoms with van der Waals surface area (Å²) in [5.74, 6) is -1.55. The van der Waals surface area contributed by atoms with Gasteiger partial charge in [0.25, 0.3) is 5.69 Å². The number of hydrogen-bond donors (Lipinski definition) is 1. The summed E-state index contributed by atoms with van der Waals surface area (Å²) in [7, 11) is 0. The third-order valence-electron chi connectivity index (χ3n) is 5.54. The summed E-state index contributed by atoms with van der Waals surface area (Å²) < 4.78 is 5.42. The van der Waals surface area contributed by atoms with Crippen LogP contribution in [0.2, 0.25) is 0 Å². The number of esters is 1. The fourth-order valence-electron chi connectivity index (χ4n) is 3.81. The van der Waals surface area contributed by atoms with E-state index in [-0.39, 0.29) is 18.2 Å². The zero-order valence-corrected chi connectivity index (χ0v) is 17.0. The van der Waals surface area contributed by atoms with Crippen molar-refractivity contribution in [1.29, 1.82) is 0 Å². The standard InChI is InChI=1S/C23H26N2O5/c1-2-16-10-12-18(13-11-16)24-22(26)20-8-3-4-9-21(20)23(27)30-15-17-6-5-7-19(14-17)25(28)29/h5-7,10-14,20-21H,2-4,8-9,15H2,1H3,(H,24,26)/t20-,21-/m1/s1. The maximum absolute atomic E-state index is 12.8. The van der Waals surface area contributed by atoms with Crippen LogP contribution in [0, 0.1) is 22.0 Å². The second-order valence-electron chi connectivity index (χ2n) is 7.57. The van der Waals surface area contributed by atoms with Gasteiger partial charge in [0, 0.05) is 17.8 Å². The molecular formula is C23H26N2O5. The fraction of sp³-hybridized carbons (Fsp3) is 0.391. The zero-order chi connectivity index (χ0) is 21.5. The topological polar surface area (TPSA) is 98.5 Å². The molecule has 3 rings (SSSR count). The summed E-state index contributed by atoms with van der Waals surface area (Å²) in [6.45, 7) is 2.02. The second kappa shape index (κ2) is 10.0. The molecule has 1 N–H and O–H groups in total. The van der Waals surface area contributed by atoms with Crippen molar-refractivity contribution in [1.82, 2.24) is 0 Å². The molecular weight excluding hydrogens is 384 g/mol. The van der Waals surface area contributed by atoms with E-state index in [0.29, 0.717) is 24.1 Å². The average Bonchev–Trinajstić information content (AvgIpc) is 2.78. The van der Waals surface area contributed by atoms with Gasteiger partial charge in [0.2, 0.25) is 5.91 Å². The summed E-state index contributed by atoms with van der Waals surface area (Å²) in [5.41, 5.74) is 2.40. The first-order valence-corrected chi connectivity index (χ1v) is 10.3. The molecule has 0 saturated heterocycles. The van der Waals surface area contributed by atoms with Crippen LogP contribution in [0.1, 0.15) is 43.7 Å². The lowest BCUT2D eigenvalue weighted by molar-refractivity contribution is -0.384. The number of amides is 1. The van der Waals surface area contributed by atoms with Crippen molar-refractivity contribution in [3.63, 3.8) is 0 Å². The smallest absolute Gasteiger partial charge is 0.310 e. The van der Waals surface area contributed by atoms with Gasteiger partial charge in [-0.15, -0.1) is 0 Å². The van der Waals surface area contributed by atoms with Crippen molar-refractivity contribution in [2.75, 3.05) is 5.32 Å². The van der Waals surface area contributed by atoms with Crippen LogP contribution in [0.15, 0.2) is 48.5 Å². The number of anilines is 1. The highest BCUT2D eigenvalue weighted by Gasteiger charge is 2.36. The van der Waals surface area contributed by atoms with Gasteiger partial charge in [-0.1, -0.05) is 44.0 Å². The number of nitro groups is 1. The highest BCUT2D eigenvalue weighted by molar-refractivity contribution is 5.95. The van der Waals surface area contributed by atoms with E-state index < -0.39 is 22.7 Å². The molecule has 1 aliphatic rings. The van der Waals surface area contributed by atoms with Crippen molar-refractivity contribution in [3.8, 4) is 0 Å². The second-order valence-corrected chi connectivity index (χ2v) is 7.57. The Morgan fingerprint density at radius 3 is 2.43 bits per heavy atom. The SMILES string of the molecule is CCc1ccc(NC(=O)[C@@H]2CCCC[C@H]2C(=O)OCc2cccc([N+](=O)[O-])c2)cc1. The Balaban J connectivity index is 1.62. The summed E-state index contributed by atoms with van der Waals surface area (Å²) in [6.07, 6.45) is 3.92. The molecule has 7 heteroatoms. The Bertz CT molecular complexity index is 910. The van der Waals surface area contributed by atoms with Crippen LogP contribution in [0.3, 0.4) is 0 Å². The van der Waals surface area contributed by atoms with Crippen molar-refractivity contribution < 1.29 is 19.2 Å². The highest BCUT2D eigenvalue weighted by atomic mass is 16.6. The van der Waals surface area contributed by atoms with Gasteiger partial charge in [-0.2, -0.15) is 0 Å². The van der Waals surface area contributed by atoms with E-state index in [1.165, 1.54) is 17.7 Å². The maximum atomic E-state index is 12.8. The van der Waals surface area contributed by atoms with E-state index in [2.05, 4.69) is 12.2 Å². The lowest BCUT2D eigenvalue weighted by Crippen LogP contribution is -2.37. The van der Waals surface area contributed by atoms with E-state index in [9.17, 15) is 19.7 Å². The zero-order valence-electron chi connectivity index (χ0n) is 17.0. The van der Waals surface area contributed by atoms with Crippen LogP contribution in [-0.2, 0) is 27.4 Å². The van der Waals surface area contributed by atoms with Gasteiger partial charge in [0.15, 0.2) is 0 Å². The minimum Gasteiger partial charge on any atom is -0.461 e. The Morgan fingerprint density at radius 2 is 1.77 bits per heavy atom. The first-order valence-electron chi connectivity index (χ1n) is 10.3. The Hall–Kier alpha value is -3.22. The lowest BCUT2D eigenvalue weighted by atomic mass is 9.78. The van der Waals surface area contributed by atoms with Gasteiger partial charge in [0.05, 0.1) is 16.8 Å². The first kappa shape index (κ1) is 21.5. The predicted molar refractivity (Wildman–Crippen MR) is 113 cm³/mol. The summed E-state index contributed by atoms with van der Waals surface area (Å²) in [6, 6.07) is 13.7. The van der Waals surface area contributed by atoms with Crippen LogP contribution in [0.25, 0.3) is 0 Å². The van der Waals surface area contributed by atoms with Crippen LogP contribution >= 0.6 is 0 Å². The molecule has 0 aromatic heterocycles. The number of ether oxygens (including phenoxy) is 1. The molecule has 0 aliphatic heterocycles. The highest BCUT2D eigenvalue weighted by Crippen LogP contribution is 2.32. The summed E-state index contributed by atoms with van der Waals surface area (Å²) >= 11 is 0. The number of carbonyl (C=O) groups excluding carboxylic acids is 2. The van der Waals surface area contributed by atoms with Crippen LogP contribution < -0.4 is 5.32 Å². The number of rotatable bonds is 7. The van der Waals surface area contributed by atoms with Gasteiger partial charge < -0.3 is 10.1 Å². The van der Waals surface area contributed by atoms with Crippen LogP contribution in [0.5, 0.6) is 0 Å². The molecule has 1 fully saturated rings. The first-order chi connectivity index (χ1) is 14.5. The Morgan fingerprint density at radius 1 is 1.07 bits per heavy atom. The van der Waals surface area contributed by atoms with E-state index in [1.807, 2.05) is 24.3 Å². The quantitative estimate of drug-likeness (QED) is 0.407. The largest absolute Gasteiger partial charge is 0.461 e. The number of nitro benzene ring substituents is 1. The number of nitrogens with one attached hydrogen (secondary N) is 1. The number of nitrogens with zero attached hydrogens (tertiary/aromatic N) is 1. The number of aryl methyl sites for hydroxylation is 1. The van der Waals surface area contributed by atoms with Crippen molar-refractivity contribution >= 4 is 23.3 Å². The van der Waals surface area contributed by atoms with E-state index in [0.717, 1.165) is 19.3 Å². The molecule has 1 amide bonds. The number of carbonyl (C=O) groups is 2. The molecule has 0 bridgehead atoms. The lowest BCUT2D eigenvalue weighted by Gasteiger charge is -2.29. The number of non-ortho nitro benzene ring substituents is 1. The molecule has 0 spiro atoms. The maximum Gasteiger partial charge on any atom is 0.310 e. The number of benzene rings is 2. The van der Waals surface area contributed by atoms with Gasteiger partial charge >= 0.3 is 5.97 Å². The molecule has 7 nitrogen and oxygen atoms in total. The normalized spacial score (nSPS) is 18.4. The van der Waals surface area contributed by atoms with Crippen molar-refractivity contribution in [2.24, 2.45) is 11.8 Å². The molecule has 2 aromatic carbocycles. The molecule has 0 unspecified atom stereocenters. The Kier molecular flexibility index (Phi) is 7.17. The average molecular weight is 410 g/mol. The molecule has 1 aliphatic carbocycles. The third kappa shape index (κ3) is 5.43. The Labute approximate surface area is 175 Å². The van der Waals surface area contributed by atoms with Gasteiger partial charge in [-0.05, 0) is 42.5 Å². The van der Waals surface area contributed by atoms with Crippen molar-refractivity contribution in [3.05, 3.63) is 69.8 Å². The van der Waals surface area contributed by atoms with E-state index >= 15 is 0 Å². The third-order valence-corrected chi connectivity index (χ3v) is 5.54. The van der Waals surface area contributed by atoms with Crippen molar-refractivity contribution in [2.45, 2.75) is 45.6 Å². The molecule has 0 radical (unpaired) electrons. The minimum atomic E-state index is -0.507. The molecule has 0 heterocycles. The molecule has 1 saturated carbocycles. The molecule has 30 heavy (non-hydrogen) atoms.